The molecule has 0 fully saturated rings. The van der Waals surface area contributed by atoms with Crippen molar-refractivity contribution in [2.45, 2.75) is 26.4 Å². The number of carbonyl (C=O) groups is 1. The highest BCUT2D eigenvalue weighted by molar-refractivity contribution is 6.31. The summed E-state index contributed by atoms with van der Waals surface area (Å²) in [7, 11) is 0. The molecule has 0 bridgehead atoms. The lowest BCUT2D eigenvalue weighted by molar-refractivity contribution is -0.124. The van der Waals surface area contributed by atoms with Crippen LogP contribution in [0.15, 0.2) is 46.9 Å². The summed E-state index contributed by atoms with van der Waals surface area (Å²) in [5, 5.41) is 0.572. The molecule has 5 nitrogen and oxygen atoms in total. The largest absolute Gasteiger partial charge is 0.483 e. The number of carbonyl (C=O) groups excluding carboxylic acids is 1. The van der Waals surface area contributed by atoms with Gasteiger partial charge in [0.15, 0.2) is 17.5 Å². The lowest BCUT2D eigenvalue weighted by Crippen LogP contribution is -2.22. The van der Waals surface area contributed by atoms with Crippen LogP contribution < -0.4 is 9.47 Å². The summed E-state index contributed by atoms with van der Waals surface area (Å²) in [5.41, 5.74) is 1.23. The molecule has 1 atom stereocenters. The fourth-order valence-electron chi connectivity index (χ4n) is 2.17. The number of benzene rings is 2. The Bertz CT molecular complexity index is 857. The topological polar surface area (TPSA) is 61.6 Å². The van der Waals surface area contributed by atoms with Crippen molar-refractivity contribution >= 4 is 28.5 Å². The fraction of sp³-hybridized carbons (Fsp3) is 0.222. The molecule has 0 amide bonds. The second kappa shape index (κ2) is 6.93. The molecule has 3 aromatic rings. The summed E-state index contributed by atoms with van der Waals surface area (Å²) >= 11 is 5.91. The zero-order valence-corrected chi connectivity index (χ0v) is 14.0. The van der Waals surface area contributed by atoms with Gasteiger partial charge in [-0.15, -0.1) is 0 Å². The first-order valence-corrected chi connectivity index (χ1v) is 7.96. The van der Waals surface area contributed by atoms with Gasteiger partial charge in [0.05, 0.1) is 0 Å². The van der Waals surface area contributed by atoms with Crippen LogP contribution in [-0.4, -0.2) is 16.9 Å². The molecule has 0 saturated heterocycles. The third kappa shape index (κ3) is 3.68. The van der Waals surface area contributed by atoms with Gasteiger partial charge in [-0.25, -0.2) is 0 Å². The average molecular weight is 346 g/mol. The van der Waals surface area contributed by atoms with E-state index >= 15 is 0 Å². The number of ether oxygens (including phenoxy) is 2. The summed E-state index contributed by atoms with van der Waals surface area (Å²) in [4.78, 5) is 15.8. The van der Waals surface area contributed by atoms with Crippen LogP contribution in [0.1, 0.15) is 20.3 Å². The number of aromatic nitrogens is 1. The molecule has 0 radical (unpaired) electrons. The standard InChI is InChI=1S/C18H16ClNO4/c1-3-16(21)11(2)22-13-5-7-14(8-6-13)23-18-20-15-9-4-12(19)10-17(15)24-18/h4-11H,3H2,1-2H3. The summed E-state index contributed by atoms with van der Waals surface area (Å²) in [6, 6.07) is 12.1. The van der Waals surface area contributed by atoms with E-state index in [9.17, 15) is 4.79 Å². The molecule has 3 rings (SSSR count). The Kier molecular flexibility index (Phi) is 4.71. The second-order valence-electron chi connectivity index (χ2n) is 5.25. The Labute approximate surface area is 144 Å². The normalized spacial score (nSPS) is 12.1. The predicted octanol–water partition coefficient (Wildman–Crippen LogP) is 5.02. The first-order valence-electron chi connectivity index (χ1n) is 7.58. The van der Waals surface area contributed by atoms with Crippen molar-refractivity contribution in [1.82, 2.24) is 4.98 Å². The lowest BCUT2D eigenvalue weighted by atomic mass is 10.2. The van der Waals surface area contributed by atoms with Gasteiger partial charge in [0.1, 0.15) is 17.0 Å². The van der Waals surface area contributed by atoms with Crippen molar-refractivity contribution in [1.29, 1.82) is 0 Å². The molecule has 1 heterocycles. The van der Waals surface area contributed by atoms with E-state index in [-0.39, 0.29) is 11.9 Å². The van der Waals surface area contributed by atoms with Crippen molar-refractivity contribution in [2.24, 2.45) is 0 Å². The van der Waals surface area contributed by atoms with E-state index in [1.165, 1.54) is 0 Å². The van der Waals surface area contributed by atoms with E-state index in [4.69, 9.17) is 25.5 Å². The van der Waals surface area contributed by atoms with Gasteiger partial charge in [-0.2, -0.15) is 4.98 Å². The van der Waals surface area contributed by atoms with E-state index in [1.54, 1.807) is 49.4 Å². The molecule has 0 spiro atoms. The van der Waals surface area contributed by atoms with E-state index in [0.29, 0.717) is 34.0 Å². The van der Waals surface area contributed by atoms with Gasteiger partial charge in [-0.3, -0.25) is 4.79 Å². The van der Waals surface area contributed by atoms with Gasteiger partial charge >= 0.3 is 6.08 Å². The number of Topliss-reactive ketones (excluding diaryl/α,β-unsaturated/α-hetero) is 1. The Hall–Kier alpha value is -2.53. The van der Waals surface area contributed by atoms with Crippen molar-refractivity contribution in [2.75, 3.05) is 0 Å². The van der Waals surface area contributed by atoms with E-state index < -0.39 is 6.10 Å². The minimum Gasteiger partial charge on any atom is -0.483 e. The first-order chi connectivity index (χ1) is 11.5. The molecule has 24 heavy (non-hydrogen) atoms. The number of rotatable bonds is 6. The molecule has 0 saturated carbocycles. The van der Waals surface area contributed by atoms with E-state index in [0.717, 1.165) is 0 Å². The van der Waals surface area contributed by atoms with Crippen molar-refractivity contribution in [3.63, 3.8) is 0 Å². The molecular weight excluding hydrogens is 330 g/mol. The van der Waals surface area contributed by atoms with Gasteiger partial charge in [0.25, 0.3) is 0 Å². The minimum atomic E-state index is -0.469. The lowest BCUT2D eigenvalue weighted by Gasteiger charge is -2.12. The van der Waals surface area contributed by atoms with Gasteiger partial charge in [-0.05, 0) is 43.3 Å². The van der Waals surface area contributed by atoms with Crippen LogP contribution in [-0.2, 0) is 4.79 Å². The third-order valence-corrected chi connectivity index (χ3v) is 3.71. The molecule has 0 aliphatic rings. The molecular formula is C18H16ClNO4. The Morgan fingerprint density at radius 3 is 2.62 bits per heavy atom. The first kappa shape index (κ1) is 16.3. The van der Waals surface area contributed by atoms with Crippen LogP contribution >= 0.6 is 11.6 Å². The second-order valence-corrected chi connectivity index (χ2v) is 5.68. The Balaban J connectivity index is 1.70. The number of hydrogen-bond donors (Lipinski definition) is 0. The Morgan fingerprint density at radius 1 is 1.21 bits per heavy atom. The van der Waals surface area contributed by atoms with E-state index in [2.05, 4.69) is 4.98 Å². The van der Waals surface area contributed by atoms with Crippen LogP contribution in [0.3, 0.4) is 0 Å². The number of halogens is 1. The van der Waals surface area contributed by atoms with E-state index in [1.807, 2.05) is 6.92 Å². The average Bonchev–Trinajstić information content (AvgIpc) is 2.97. The molecule has 0 aliphatic carbocycles. The maximum Gasteiger partial charge on any atom is 0.400 e. The highest BCUT2D eigenvalue weighted by Crippen LogP contribution is 2.28. The quantitative estimate of drug-likeness (QED) is 0.627. The minimum absolute atomic E-state index is 0.0560. The van der Waals surface area contributed by atoms with Crippen LogP contribution in [0.4, 0.5) is 0 Å². The van der Waals surface area contributed by atoms with Crippen molar-refractivity contribution < 1.29 is 18.7 Å². The van der Waals surface area contributed by atoms with Gasteiger partial charge in [0.2, 0.25) is 0 Å². The molecule has 6 heteroatoms. The number of nitrogens with zero attached hydrogens (tertiary/aromatic N) is 1. The van der Waals surface area contributed by atoms with Crippen LogP contribution in [0, 0.1) is 0 Å². The smallest absolute Gasteiger partial charge is 0.400 e. The molecule has 0 aliphatic heterocycles. The number of oxazole rings is 1. The zero-order chi connectivity index (χ0) is 17.1. The fourth-order valence-corrected chi connectivity index (χ4v) is 2.33. The summed E-state index contributed by atoms with van der Waals surface area (Å²) < 4.78 is 16.7. The number of hydrogen-bond acceptors (Lipinski definition) is 5. The molecule has 124 valence electrons. The van der Waals surface area contributed by atoms with Gasteiger partial charge in [0, 0.05) is 17.5 Å². The number of fused-ring (bicyclic) bond motifs is 1. The van der Waals surface area contributed by atoms with Crippen LogP contribution in [0.5, 0.6) is 17.6 Å². The van der Waals surface area contributed by atoms with Crippen molar-refractivity contribution in [3.8, 4) is 17.6 Å². The summed E-state index contributed by atoms with van der Waals surface area (Å²) in [5.74, 6) is 1.20. The van der Waals surface area contributed by atoms with Gasteiger partial charge in [-0.1, -0.05) is 18.5 Å². The maximum atomic E-state index is 11.6. The molecule has 2 aromatic carbocycles. The van der Waals surface area contributed by atoms with Crippen molar-refractivity contribution in [3.05, 3.63) is 47.5 Å². The Morgan fingerprint density at radius 2 is 1.92 bits per heavy atom. The molecule has 1 aromatic heterocycles. The van der Waals surface area contributed by atoms with Crippen LogP contribution in [0.2, 0.25) is 5.02 Å². The maximum absolute atomic E-state index is 11.6. The summed E-state index contributed by atoms with van der Waals surface area (Å²) in [6.45, 7) is 3.55. The highest BCUT2D eigenvalue weighted by atomic mass is 35.5. The van der Waals surface area contributed by atoms with Crippen LogP contribution in [0.25, 0.3) is 11.1 Å². The highest BCUT2D eigenvalue weighted by Gasteiger charge is 2.13. The monoisotopic (exact) mass is 345 g/mol. The molecule has 0 N–H and O–H groups in total. The third-order valence-electron chi connectivity index (χ3n) is 3.47. The van der Waals surface area contributed by atoms with Gasteiger partial charge < -0.3 is 13.9 Å². The zero-order valence-electron chi connectivity index (χ0n) is 13.3. The summed E-state index contributed by atoms with van der Waals surface area (Å²) in [6.07, 6.45) is 0.114. The SMILES string of the molecule is CCC(=O)C(C)Oc1ccc(Oc2nc3ccc(Cl)cc3o2)cc1. The number of ketones is 1. The predicted molar refractivity (Wildman–Crippen MR) is 90.9 cm³/mol. The molecule has 1 unspecified atom stereocenters.